The predicted molar refractivity (Wildman–Crippen MR) is 289 cm³/mol. The van der Waals surface area contributed by atoms with E-state index in [9.17, 15) is 0 Å². The van der Waals surface area contributed by atoms with Crippen molar-refractivity contribution in [2.24, 2.45) is 0 Å². The van der Waals surface area contributed by atoms with E-state index in [2.05, 4.69) is 244 Å². The second-order valence-corrected chi connectivity index (χ2v) is 23.4. The molecule has 0 saturated carbocycles. The summed E-state index contributed by atoms with van der Waals surface area (Å²) in [6, 6.07) is 83.4. The summed E-state index contributed by atoms with van der Waals surface area (Å²) in [5.41, 5.74) is 21.6. The fraction of sp³-hybridized carbons (Fsp3) is 0.0492. The Morgan fingerprint density at radius 3 is 1.58 bits per heavy atom. The van der Waals surface area contributed by atoms with Gasteiger partial charge in [-0.3, -0.25) is 0 Å². The van der Waals surface area contributed by atoms with Crippen LogP contribution in [0.25, 0.3) is 32.0 Å². The molecule has 0 bridgehead atoms. The Morgan fingerprint density at radius 1 is 0.394 bits per heavy atom. The Balaban J connectivity index is 1.17. The average molecular weight is 874 g/mol. The molecule has 0 fully saturated rings. The molecule has 9 aromatic carbocycles. The highest BCUT2D eigenvalue weighted by molar-refractivity contribution is 7.20. The van der Waals surface area contributed by atoms with Crippen molar-refractivity contribution in [3.63, 3.8) is 0 Å². The average Bonchev–Trinajstić information content (AvgIpc) is 4.00. The molecule has 1 nitrogen and oxygen atoms in total. The molecule has 310 valence electrons. The van der Waals surface area contributed by atoms with Gasteiger partial charge in [0.05, 0.1) is 0 Å². The SMILES string of the molecule is Cc1cc(C)c(B2c3cc([Si](c4ccccc4)(c4ccccc4)c4ccccc4)ccc3N3c4ccccc4B4c5ccccc5-c5c(-c6ccc(-c7ccccc7)s6)cc2c3c54)c(C)c1. The Bertz CT molecular complexity index is 3410. The minimum atomic E-state index is -2.88. The molecular weight excluding hydrogens is 828 g/mol. The van der Waals surface area contributed by atoms with Gasteiger partial charge in [0.15, 0.2) is 8.07 Å². The highest BCUT2D eigenvalue weighted by atomic mass is 32.1. The van der Waals surface area contributed by atoms with Crippen molar-refractivity contribution in [3.05, 3.63) is 235 Å². The van der Waals surface area contributed by atoms with Crippen LogP contribution < -0.4 is 58.4 Å². The van der Waals surface area contributed by atoms with E-state index in [4.69, 9.17) is 0 Å². The first-order valence-corrected chi connectivity index (χ1v) is 26.1. The quantitative estimate of drug-likeness (QED) is 0.115. The fourth-order valence-corrected chi connectivity index (χ4v) is 18.2. The van der Waals surface area contributed by atoms with Gasteiger partial charge in [-0.1, -0.05) is 222 Å². The molecule has 0 saturated heterocycles. The summed E-state index contributed by atoms with van der Waals surface area (Å²) >= 11 is 1.92. The molecule has 3 aliphatic heterocycles. The summed E-state index contributed by atoms with van der Waals surface area (Å²) in [6.45, 7) is 7.05. The maximum absolute atomic E-state index is 2.88. The Labute approximate surface area is 393 Å². The molecular formula is C61H45B2NSSi. The van der Waals surface area contributed by atoms with Gasteiger partial charge in [-0.2, -0.15) is 0 Å². The number of nitrogens with zero attached hydrogens (tertiary/aromatic N) is 1. The van der Waals surface area contributed by atoms with Gasteiger partial charge in [-0.05, 0) is 110 Å². The molecule has 1 aromatic heterocycles. The lowest BCUT2D eigenvalue weighted by Crippen LogP contribution is -2.75. The molecule has 0 atom stereocenters. The first-order valence-electron chi connectivity index (χ1n) is 23.2. The Morgan fingerprint density at radius 2 is 0.924 bits per heavy atom. The normalized spacial score (nSPS) is 13.0. The van der Waals surface area contributed by atoms with Gasteiger partial charge < -0.3 is 4.90 Å². The van der Waals surface area contributed by atoms with E-state index < -0.39 is 8.07 Å². The molecule has 0 aliphatic carbocycles. The maximum Gasteiger partial charge on any atom is 0.248 e. The summed E-state index contributed by atoms with van der Waals surface area (Å²) in [6.07, 6.45) is 0. The van der Waals surface area contributed by atoms with Crippen LogP contribution in [-0.4, -0.2) is 21.5 Å². The molecule has 3 aliphatic rings. The topological polar surface area (TPSA) is 3.24 Å². The van der Waals surface area contributed by atoms with Crippen molar-refractivity contribution < 1.29 is 0 Å². The van der Waals surface area contributed by atoms with E-state index in [1.807, 2.05) is 11.3 Å². The molecule has 5 heteroatoms. The van der Waals surface area contributed by atoms with Crippen LogP contribution in [0, 0.1) is 20.8 Å². The van der Waals surface area contributed by atoms with Crippen LogP contribution in [0.3, 0.4) is 0 Å². The van der Waals surface area contributed by atoms with Crippen molar-refractivity contribution in [1.29, 1.82) is 0 Å². The summed E-state index contributed by atoms with van der Waals surface area (Å²) in [5, 5.41) is 5.54. The second-order valence-electron chi connectivity index (χ2n) is 18.5. The van der Waals surface area contributed by atoms with E-state index in [1.54, 1.807) is 0 Å². The number of hydrogen-bond acceptors (Lipinski definition) is 2. The molecule has 0 amide bonds. The smallest absolute Gasteiger partial charge is 0.248 e. The number of thiophene rings is 1. The first kappa shape index (κ1) is 39.2. The number of anilines is 3. The molecule has 4 heterocycles. The van der Waals surface area contributed by atoms with Crippen molar-refractivity contribution in [2.75, 3.05) is 4.90 Å². The Hall–Kier alpha value is -7.17. The predicted octanol–water partition coefficient (Wildman–Crippen LogP) is 8.49. The third kappa shape index (κ3) is 5.66. The van der Waals surface area contributed by atoms with Gasteiger partial charge in [0.25, 0.3) is 0 Å². The number of aryl methyl sites for hydroxylation is 3. The van der Waals surface area contributed by atoms with E-state index >= 15 is 0 Å². The molecule has 0 spiro atoms. The molecule has 10 aromatic rings. The van der Waals surface area contributed by atoms with Crippen LogP contribution in [0.15, 0.2) is 218 Å². The second kappa shape index (κ2) is 15.2. The van der Waals surface area contributed by atoms with Gasteiger partial charge in [0.1, 0.15) is 0 Å². The van der Waals surface area contributed by atoms with Crippen LogP contribution in [0.5, 0.6) is 0 Å². The zero-order valence-corrected chi connectivity index (χ0v) is 39.1. The summed E-state index contributed by atoms with van der Waals surface area (Å²) < 4.78 is 0. The minimum Gasteiger partial charge on any atom is -0.313 e. The third-order valence-electron chi connectivity index (χ3n) is 14.8. The van der Waals surface area contributed by atoms with Crippen molar-refractivity contribution in [3.8, 4) is 32.0 Å². The highest BCUT2D eigenvalue weighted by Gasteiger charge is 2.50. The van der Waals surface area contributed by atoms with Gasteiger partial charge in [-0.15, -0.1) is 11.3 Å². The van der Waals surface area contributed by atoms with Crippen LogP contribution >= 0.6 is 11.3 Å². The zero-order valence-electron chi connectivity index (χ0n) is 37.3. The molecule has 0 unspecified atom stereocenters. The van der Waals surface area contributed by atoms with Crippen molar-refractivity contribution in [1.82, 2.24) is 0 Å². The van der Waals surface area contributed by atoms with E-state index in [0.29, 0.717) is 0 Å². The van der Waals surface area contributed by atoms with Gasteiger partial charge in [-0.25, -0.2) is 0 Å². The van der Waals surface area contributed by atoms with Crippen molar-refractivity contribution in [2.45, 2.75) is 20.8 Å². The van der Waals surface area contributed by atoms with E-state index in [-0.39, 0.29) is 13.4 Å². The minimum absolute atomic E-state index is 0.0203. The molecule has 66 heavy (non-hydrogen) atoms. The lowest BCUT2D eigenvalue weighted by atomic mass is 9.30. The van der Waals surface area contributed by atoms with E-state index in [1.165, 1.54) is 119 Å². The number of fused-ring (bicyclic) bond motifs is 8. The lowest BCUT2D eigenvalue weighted by Gasteiger charge is -2.44. The number of benzene rings is 9. The molecule has 13 rings (SSSR count). The van der Waals surface area contributed by atoms with Gasteiger partial charge in [0.2, 0.25) is 13.4 Å². The maximum atomic E-state index is 2.67. The summed E-state index contributed by atoms with van der Waals surface area (Å²) in [7, 11) is -2.88. The summed E-state index contributed by atoms with van der Waals surface area (Å²) in [5.74, 6) is 0. The highest BCUT2D eigenvalue weighted by Crippen LogP contribution is 2.46. The molecule has 0 N–H and O–H groups in total. The first-order chi connectivity index (χ1) is 32.5. The van der Waals surface area contributed by atoms with Crippen molar-refractivity contribution >= 4 is 103 Å². The van der Waals surface area contributed by atoms with Crippen LogP contribution in [0.2, 0.25) is 0 Å². The molecule has 0 radical (unpaired) electrons. The van der Waals surface area contributed by atoms with Crippen LogP contribution in [0.4, 0.5) is 17.1 Å². The number of para-hydroxylation sites is 1. The van der Waals surface area contributed by atoms with Crippen LogP contribution in [-0.2, 0) is 0 Å². The zero-order chi connectivity index (χ0) is 44.1. The van der Waals surface area contributed by atoms with Gasteiger partial charge in [0, 0.05) is 26.8 Å². The standard InChI is InChI=1S/C61H45B2NSSi/c1-40-36-41(2)59(42(3)37-40)63-52-38-47(66(44-22-10-5-11-23-44,45-24-12-6-13-25-45)46-26-14-7-15-27-46)32-33-55(52)64-54-31-19-18-30-51(54)62-50-29-17-16-28-48(50)58-49(39-53(63)61(64)60(58)62)57-35-34-56(65-57)43-20-8-4-9-21-43/h4-39H,1-3H3. The third-order valence-corrected chi connectivity index (χ3v) is 20.8. The van der Waals surface area contributed by atoms with Crippen LogP contribution in [0.1, 0.15) is 16.7 Å². The van der Waals surface area contributed by atoms with E-state index in [0.717, 1.165) is 0 Å². The number of rotatable bonds is 7. The summed E-state index contributed by atoms with van der Waals surface area (Å²) in [4.78, 5) is 5.27. The lowest BCUT2D eigenvalue weighted by molar-refractivity contribution is 1.30. The largest absolute Gasteiger partial charge is 0.313 e. The Kier molecular flexibility index (Phi) is 9.03. The fourth-order valence-electron chi connectivity index (χ4n) is 12.4. The monoisotopic (exact) mass is 873 g/mol. The van der Waals surface area contributed by atoms with Gasteiger partial charge >= 0.3 is 0 Å². The number of hydrogen-bond donors (Lipinski definition) is 0.